The second-order valence-corrected chi connectivity index (χ2v) is 7.92. The first-order valence-electron chi connectivity index (χ1n) is 9.65. The molecule has 3 rings (SSSR count). The molecule has 2 aromatic rings. The Morgan fingerprint density at radius 2 is 1.97 bits per heavy atom. The number of hydrogen-bond acceptors (Lipinski definition) is 4. The molecule has 0 spiro atoms. The average Bonchev–Trinajstić information content (AvgIpc) is 2.73. The van der Waals surface area contributed by atoms with Gasteiger partial charge in [-0.3, -0.25) is 14.5 Å². The Balaban J connectivity index is 1.66. The molecule has 1 fully saturated rings. The normalized spacial score (nSPS) is 20.8. The number of hydrogen-bond donors (Lipinski definition) is 0. The van der Waals surface area contributed by atoms with Gasteiger partial charge in [0.1, 0.15) is 12.4 Å². The zero-order chi connectivity index (χ0) is 23.6. The van der Waals surface area contributed by atoms with Gasteiger partial charge in [-0.25, -0.2) is 8.78 Å². The van der Waals surface area contributed by atoms with Crippen molar-refractivity contribution in [1.82, 2.24) is 9.88 Å². The highest BCUT2D eigenvalue weighted by Crippen LogP contribution is 2.45. The van der Waals surface area contributed by atoms with Crippen molar-refractivity contribution in [2.45, 2.75) is 31.0 Å². The van der Waals surface area contributed by atoms with Crippen LogP contribution in [0.25, 0.3) is 0 Å². The van der Waals surface area contributed by atoms with Gasteiger partial charge in [0, 0.05) is 18.3 Å². The molecule has 2 heterocycles. The standard InChI is InChI=1S/C21H20ClF5N2O3/c1-19(17-4-2-3-8-28-17)7-9-29(13-20(19,23)24)18(30)14-5-6-16(15(22)12-14)31-10-11-32-21(25,26)27/h2-6,8,12H,7,9-11,13H2,1H3/t19-/m1/s1. The van der Waals surface area contributed by atoms with E-state index in [1.54, 1.807) is 18.2 Å². The van der Waals surface area contributed by atoms with Crippen LogP contribution in [0.1, 0.15) is 29.4 Å². The maximum absolute atomic E-state index is 15.1. The van der Waals surface area contributed by atoms with E-state index in [-0.39, 0.29) is 35.0 Å². The van der Waals surface area contributed by atoms with Crippen molar-refractivity contribution in [3.8, 4) is 5.75 Å². The van der Waals surface area contributed by atoms with Gasteiger partial charge in [0.15, 0.2) is 0 Å². The number of aromatic nitrogens is 1. The highest BCUT2D eigenvalue weighted by molar-refractivity contribution is 6.32. The van der Waals surface area contributed by atoms with Gasteiger partial charge in [-0.2, -0.15) is 0 Å². The Morgan fingerprint density at radius 3 is 2.56 bits per heavy atom. The number of likely N-dealkylation sites (tertiary alicyclic amines) is 1. The van der Waals surface area contributed by atoms with Crippen molar-refractivity contribution in [3.63, 3.8) is 0 Å². The molecule has 0 bridgehead atoms. The number of ether oxygens (including phenoxy) is 2. The number of rotatable bonds is 6. The highest BCUT2D eigenvalue weighted by Gasteiger charge is 2.56. The first kappa shape index (κ1) is 24.2. The second kappa shape index (κ2) is 9.19. The Morgan fingerprint density at radius 1 is 1.22 bits per heavy atom. The molecule has 1 amide bonds. The smallest absolute Gasteiger partial charge is 0.490 e. The number of nitrogens with zero attached hydrogens (tertiary/aromatic N) is 2. The molecule has 1 atom stereocenters. The Labute approximate surface area is 186 Å². The molecule has 174 valence electrons. The molecule has 11 heteroatoms. The van der Waals surface area contributed by atoms with Crippen LogP contribution in [0.5, 0.6) is 5.75 Å². The van der Waals surface area contributed by atoms with Crippen molar-refractivity contribution in [1.29, 1.82) is 0 Å². The lowest BCUT2D eigenvalue weighted by Gasteiger charge is -2.45. The SMILES string of the molecule is C[C@]1(c2ccccn2)CCN(C(=O)c2ccc(OCCOC(F)(F)F)c(Cl)c2)CC1(F)F. The first-order chi connectivity index (χ1) is 14.9. The van der Waals surface area contributed by atoms with Crippen LogP contribution in [-0.4, -0.2) is 54.4 Å². The van der Waals surface area contributed by atoms with Crippen molar-refractivity contribution < 1.29 is 36.2 Å². The van der Waals surface area contributed by atoms with Crippen molar-refractivity contribution in [2.24, 2.45) is 0 Å². The third-order valence-electron chi connectivity index (χ3n) is 5.38. The molecule has 0 N–H and O–H groups in total. The summed E-state index contributed by atoms with van der Waals surface area (Å²) in [4.78, 5) is 17.9. The summed E-state index contributed by atoms with van der Waals surface area (Å²) >= 11 is 6.05. The van der Waals surface area contributed by atoms with E-state index in [9.17, 15) is 18.0 Å². The van der Waals surface area contributed by atoms with Crippen LogP contribution < -0.4 is 4.74 Å². The Hall–Kier alpha value is -2.46. The zero-order valence-electron chi connectivity index (χ0n) is 17.0. The predicted molar refractivity (Wildman–Crippen MR) is 106 cm³/mol. The summed E-state index contributed by atoms with van der Waals surface area (Å²) in [6.07, 6.45) is -3.31. The number of amides is 1. The summed E-state index contributed by atoms with van der Waals surface area (Å²) < 4.78 is 74.8. The molecule has 0 radical (unpaired) electrons. The maximum atomic E-state index is 15.1. The zero-order valence-corrected chi connectivity index (χ0v) is 17.7. The number of carbonyl (C=O) groups is 1. The monoisotopic (exact) mass is 478 g/mol. The van der Waals surface area contributed by atoms with Gasteiger partial charge in [0.05, 0.1) is 29.3 Å². The van der Waals surface area contributed by atoms with E-state index in [0.29, 0.717) is 0 Å². The summed E-state index contributed by atoms with van der Waals surface area (Å²) in [5.74, 6) is -3.82. The van der Waals surface area contributed by atoms with Crippen LogP contribution in [0.4, 0.5) is 22.0 Å². The van der Waals surface area contributed by atoms with Gasteiger partial charge in [-0.15, -0.1) is 13.2 Å². The summed E-state index contributed by atoms with van der Waals surface area (Å²) in [5, 5.41) is -0.0371. The second-order valence-electron chi connectivity index (χ2n) is 7.52. The summed E-state index contributed by atoms with van der Waals surface area (Å²) in [6, 6.07) is 8.67. The number of pyridine rings is 1. The van der Waals surface area contributed by atoms with Crippen molar-refractivity contribution >= 4 is 17.5 Å². The average molecular weight is 479 g/mol. The van der Waals surface area contributed by atoms with E-state index in [0.717, 1.165) is 4.90 Å². The van der Waals surface area contributed by atoms with E-state index in [1.807, 2.05) is 0 Å². The molecule has 1 aliphatic heterocycles. The van der Waals surface area contributed by atoms with Crippen LogP contribution in [0, 0.1) is 0 Å². The number of carbonyl (C=O) groups excluding carboxylic acids is 1. The topological polar surface area (TPSA) is 51.7 Å². The largest absolute Gasteiger partial charge is 0.522 e. The fraction of sp³-hybridized carbons (Fsp3) is 0.429. The van der Waals surface area contributed by atoms with Crippen LogP contribution in [0.2, 0.25) is 5.02 Å². The molecule has 0 unspecified atom stereocenters. The fourth-order valence-electron chi connectivity index (χ4n) is 3.46. The molecule has 1 saturated heterocycles. The summed E-state index contributed by atoms with van der Waals surface area (Å²) in [6.45, 7) is -0.423. The molecule has 1 aromatic heterocycles. The van der Waals surface area contributed by atoms with Crippen molar-refractivity contribution in [3.05, 3.63) is 58.9 Å². The van der Waals surface area contributed by atoms with Crippen molar-refractivity contribution in [2.75, 3.05) is 26.3 Å². The van der Waals surface area contributed by atoms with E-state index in [4.69, 9.17) is 16.3 Å². The molecule has 1 aromatic carbocycles. The number of alkyl halides is 5. The number of benzene rings is 1. The Bertz CT molecular complexity index is 958. The third kappa shape index (κ3) is 5.29. The van der Waals surface area contributed by atoms with Crippen LogP contribution >= 0.6 is 11.6 Å². The maximum Gasteiger partial charge on any atom is 0.522 e. The molecule has 5 nitrogen and oxygen atoms in total. The Kier molecular flexibility index (Phi) is 6.94. The summed E-state index contributed by atoms with van der Waals surface area (Å²) in [5.41, 5.74) is -1.19. The minimum Gasteiger partial charge on any atom is -0.490 e. The van der Waals surface area contributed by atoms with Gasteiger partial charge in [-0.1, -0.05) is 17.7 Å². The molecule has 1 aliphatic rings. The minimum absolute atomic E-state index is 0.0108. The molecule has 0 saturated carbocycles. The lowest BCUT2D eigenvalue weighted by molar-refractivity contribution is -0.325. The third-order valence-corrected chi connectivity index (χ3v) is 5.68. The molecule has 0 aliphatic carbocycles. The fourth-order valence-corrected chi connectivity index (χ4v) is 3.69. The lowest BCUT2D eigenvalue weighted by Crippen LogP contribution is -2.58. The molecular weight excluding hydrogens is 459 g/mol. The van der Waals surface area contributed by atoms with Crippen LogP contribution in [-0.2, 0) is 10.2 Å². The lowest BCUT2D eigenvalue weighted by atomic mass is 9.74. The van der Waals surface area contributed by atoms with E-state index in [1.165, 1.54) is 31.3 Å². The van der Waals surface area contributed by atoms with E-state index in [2.05, 4.69) is 9.72 Å². The predicted octanol–water partition coefficient (Wildman–Crippen LogP) is 5.09. The van der Waals surface area contributed by atoms with E-state index >= 15 is 8.78 Å². The quantitative estimate of drug-likeness (QED) is 0.429. The first-order valence-corrected chi connectivity index (χ1v) is 10.0. The number of halogens is 6. The van der Waals surface area contributed by atoms with Crippen LogP contribution in [0.15, 0.2) is 42.6 Å². The summed E-state index contributed by atoms with van der Waals surface area (Å²) in [7, 11) is 0. The van der Waals surface area contributed by atoms with Gasteiger partial charge < -0.3 is 9.64 Å². The van der Waals surface area contributed by atoms with Gasteiger partial charge >= 0.3 is 6.36 Å². The molecule has 32 heavy (non-hydrogen) atoms. The van der Waals surface area contributed by atoms with Gasteiger partial charge in [0.2, 0.25) is 0 Å². The van der Waals surface area contributed by atoms with Crippen LogP contribution in [0.3, 0.4) is 0 Å². The van der Waals surface area contributed by atoms with Gasteiger partial charge in [-0.05, 0) is 43.7 Å². The number of piperidine rings is 1. The van der Waals surface area contributed by atoms with Gasteiger partial charge in [0.25, 0.3) is 11.8 Å². The molecular formula is C21H20ClF5N2O3. The highest BCUT2D eigenvalue weighted by atomic mass is 35.5. The minimum atomic E-state index is -4.77. The van der Waals surface area contributed by atoms with E-state index < -0.39 is 43.4 Å².